The van der Waals surface area contributed by atoms with Gasteiger partial charge in [0.05, 0.1) is 25.8 Å². The molecule has 0 bridgehead atoms. The number of methoxy groups -OCH3 is 1. The second-order valence-electron chi connectivity index (χ2n) is 5.78. The molecule has 0 radical (unpaired) electrons. The second-order valence-corrected chi connectivity index (χ2v) is 5.78. The van der Waals surface area contributed by atoms with Gasteiger partial charge in [-0.05, 0) is 49.4 Å². The average molecular weight is 356 g/mol. The summed E-state index contributed by atoms with van der Waals surface area (Å²) >= 11 is 0. The molecule has 0 aliphatic carbocycles. The molecular weight excluding hydrogens is 336 g/mol. The van der Waals surface area contributed by atoms with Crippen molar-refractivity contribution in [1.82, 2.24) is 0 Å². The fraction of sp³-hybridized carbons (Fsp3) is 0.263. The Morgan fingerprint density at radius 3 is 2.65 bits per heavy atom. The zero-order valence-electron chi connectivity index (χ0n) is 14.6. The first-order chi connectivity index (χ1) is 12.5. The number of benzene rings is 2. The molecule has 2 aromatic carbocycles. The third kappa shape index (κ3) is 4.24. The number of carbonyl (C=O) groups excluding carboxylic acids is 2. The third-order valence-corrected chi connectivity index (χ3v) is 3.85. The molecule has 2 aromatic rings. The molecule has 1 atom stereocenters. The van der Waals surface area contributed by atoms with E-state index in [-0.39, 0.29) is 24.8 Å². The van der Waals surface area contributed by atoms with E-state index in [0.717, 1.165) is 5.75 Å². The summed E-state index contributed by atoms with van der Waals surface area (Å²) in [5.41, 5.74) is 1.12. The number of carbonyl (C=O) groups is 2. The number of fused-ring (bicyclic) bond motifs is 1. The highest BCUT2D eigenvalue weighted by Gasteiger charge is 2.23. The maximum Gasteiger partial charge on any atom is 0.265 e. The van der Waals surface area contributed by atoms with E-state index in [4.69, 9.17) is 14.2 Å². The van der Waals surface area contributed by atoms with Gasteiger partial charge in [-0.3, -0.25) is 9.59 Å². The Balaban J connectivity index is 1.50. The van der Waals surface area contributed by atoms with Crippen LogP contribution < -0.4 is 24.8 Å². The zero-order valence-corrected chi connectivity index (χ0v) is 14.6. The number of ether oxygens (including phenoxy) is 3. The highest BCUT2D eigenvalue weighted by molar-refractivity contribution is 5.99. The van der Waals surface area contributed by atoms with Crippen molar-refractivity contribution in [2.75, 3.05) is 24.4 Å². The summed E-state index contributed by atoms with van der Waals surface area (Å²) in [6.07, 6.45) is -0.332. The van der Waals surface area contributed by atoms with Gasteiger partial charge in [-0.25, -0.2) is 0 Å². The molecule has 1 aliphatic rings. The fourth-order valence-electron chi connectivity index (χ4n) is 2.44. The van der Waals surface area contributed by atoms with Gasteiger partial charge in [0.25, 0.3) is 5.91 Å². The molecule has 3 rings (SSSR count). The van der Waals surface area contributed by atoms with E-state index < -0.39 is 6.10 Å². The van der Waals surface area contributed by atoms with Gasteiger partial charge in [-0.15, -0.1) is 0 Å². The van der Waals surface area contributed by atoms with Crippen molar-refractivity contribution in [3.63, 3.8) is 0 Å². The van der Waals surface area contributed by atoms with Crippen LogP contribution in [0.4, 0.5) is 11.4 Å². The van der Waals surface area contributed by atoms with Crippen LogP contribution in [0.15, 0.2) is 42.5 Å². The van der Waals surface area contributed by atoms with Gasteiger partial charge in [-0.1, -0.05) is 0 Å². The van der Waals surface area contributed by atoms with Crippen molar-refractivity contribution in [3.8, 4) is 17.2 Å². The summed E-state index contributed by atoms with van der Waals surface area (Å²) in [6.45, 7) is 1.93. The maximum atomic E-state index is 12.1. The highest BCUT2D eigenvalue weighted by Crippen LogP contribution is 2.32. The van der Waals surface area contributed by atoms with Gasteiger partial charge < -0.3 is 24.8 Å². The van der Waals surface area contributed by atoms with Crippen LogP contribution in [0, 0.1) is 0 Å². The van der Waals surface area contributed by atoms with E-state index in [1.54, 1.807) is 56.5 Å². The topological polar surface area (TPSA) is 85.9 Å². The number of hydrogen-bond donors (Lipinski definition) is 2. The first-order valence-corrected chi connectivity index (χ1v) is 8.23. The standard InChI is InChI=1S/C19H20N2O5/c1-12-19(23)21-16-11-13(3-8-17(16)26-12)20-18(22)9-10-25-15-6-4-14(24-2)5-7-15/h3-8,11-12H,9-10H2,1-2H3,(H,20,22)(H,21,23). The molecule has 0 aromatic heterocycles. The SMILES string of the molecule is COc1ccc(OCCC(=O)Nc2ccc3c(c2)NC(=O)C(C)O3)cc1. The second kappa shape index (κ2) is 7.77. The lowest BCUT2D eigenvalue weighted by molar-refractivity contribution is -0.122. The van der Waals surface area contributed by atoms with Crippen LogP contribution in [0.25, 0.3) is 0 Å². The molecule has 136 valence electrons. The Bertz CT molecular complexity index is 804. The van der Waals surface area contributed by atoms with E-state index in [1.807, 2.05) is 0 Å². The predicted octanol–water partition coefficient (Wildman–Crippen LogP) is 2.82. The molecule has 2 amide bonds. The van der Waals surface area contributed by atoms with E-state index in [2.05, 4.69) is 10.6 Å². The van der Waals surface area contributed by atoms with E-state index in [0.29, 0.717) is 22.9 Å². The van der Waals surface area contributed by atoms with Crippen LogP contribution in [-0.2, 0) is 9.59 Å². The Hall–Kier alpha value is -3.22. The van der Waals surface area contributed by atoms with Crippen molar-refractivity contribution in [2.45, 2.75) is 19.4 Å². The molecule has 7 nitrogen and oxygen atoms in total. The average Bonchev–Trinajstić information content (AvgIpc) is 2.63. The van der Waals surface area contributed by atoms with Crippen molar-refractivity contribution in [3.05, 3.63) is 42.5 Å². The van der Waals surface area contributed by atoms with Crippen molar-refractivity contribution < 1.29 is 23.8 Å². The molecule has 0 saturated heterocycles. The van der Waals surface area contributed by atoms with Crippen LogP contribution in [0.5, 0.6) is 17.2 Å². The fourth-order valence-corrected chi connectivity index (χ4v) is 2.44. The number of rotatable bonds is 6. The van der Waals surface area contributed by atoms with E-state index in [9.17, 15) is 9.59 Å². The van der Waals surface area contributed by atoms with E-state index in [1.165, 1.54) is 0 Å². The largest absolute Gasteiger partial charge is 0.497 e. The van der Waals surface area contributed by atoms with Gasteiger partial charge >= 0.3 is 0 Å². The summed E-state index contributed by atoms with van der Waals surface area (Å²) in [5.74, 6) is 1.59. The minimum atomic E-state index is -0.530. The van der Waals surface area contributed by atoms with Crippen molar-refractivity contribution in [1.29, 1.82) is 0 Å². The van der Waals surface area contributed by atoms with Crippen molar-refractivity contribution in [2.24, 2.45) is 0 Å². The van der Waals surface area contributed by atoms with Gasteiger partial charge in [0.2, 0.25) is 5.91 Å². The normalized spacial score (nSPS) is 15.3. The Morgan fingerprint density at radius 1 is 1.19 bits per heavy atom. The third-order valence-electron chi connectivity index (χ3n) is 3.85. The lowest BCUT2D eigenvalue weighted by atomic mass is 10.2. The van der Waals surface area contributed by atoms with Crippen LogP contribution in [-0.4, -0.2) is 31.6 Å². The summed E-state index contributed by atoms with van der Waals surface area (Å²) in [7, 11) is 1.60. The molecule has 1 unspecified atom stereocenters. The smallest absolute Gasteiger partial charge is 0.265 e. The molecule has 0 fully saturated rings. The summed E-state index contributed by atoms with van der Waals surface area (Å²) < 4.78 is 16.1. The quantitative estimate of drug-likeness (QED) is 0.831. The first-order valence-electron chi connectivity index (χ1n) is 8.23. The van der Waals surface area contributed by atoms with Gasteiger partial charge in [0.1, 0.15) is 17.2 Å². The van der Waals surface area contributed by atoms with Gasteiger partial charge in [0, 0.05) is 5.69 Å². The molecule has 0 saturated carbocycles. The summed E-state index contributed by atoms with van der Waals surface area (Å²) in [6, 6.07) is 12.3. The van der Waals surface area contributed by atoms with Gasteiger partial charge in [0.15, 0.2) is 6.10 Å². The number of anilines is 2. The lowest BCUT2D eigenvalue weighted by Gasteiger charge is -2.23. The van der Waals surface area contributed by atoms with Crippen LogP contribution in [0.3, 0.4) is 0 Å². The minimum Gasteiger partial charge on any atom is -0.497 e. The summed E-state index contributed by atoms with van der Waals surface area (Å²) in [5, 5.41) is 5.52. The molecule has 2 N–H and O–H groups in total. The lowest BCUT2D eigenvalue weighted by Crippen LogP contribution is -2.34. The molecule has 7 heteroatoms. The number of amides is 2. The Morgan fingerprint density at radius 2 is 1.92 bits per heavy atom. The zero-order chi connectivity index (χ0) is 18.5. The highest BCUT2D eigenvalue weighted by atomic mass is 16.5. The summed E-state index contributed by atoms with van der Waals surface area (Å²) in [4.78, 5) is 23.7. The molecule has 0 spiro atoms. The van der Waals surface area contributed by atoms with Crippen LogP contribution in [0.1, 0.15) is 13.3 Å². The number of nitrogens with one attached hydrogen (secondary N) is 2. The van der Waals surface area contributed by atoms with Crippen LogP contribution >= 0.6 is 0 Å². The predicted molar refractivity (Wildman–Crippen MR) is 96.9 cm³/mol. The van der Waals surface area contributed by atoms with Crippen molar-refractivity contribution >= 4 is 23.2 Å². The molecule has 1 heterocycles. The Labute approximate surface area is 151 Å². The van der Waals surface area contributed by atoms with E-state index >= 15 is 0 Å². The Kier molecular flexibility index (Phi) is 5.26. The minimum absolute atomic E-state index is 0.185. The monoisotopic (exact) mass is 356 g/mol. The van der Waals surface area contributed by atoms with Gasteiger partial charge in [-0.2, -0.15) is 0 Å². The molecular formula is C19H20N2O5. The maximum absolute atomic E-state index is 12.1. The number of hydrogen-bond acceptors (Lipinski definition) is 5. The molecule has 26 heavy (non-hydrogen) atoms. The van der Waals surface area contributed by atoms with Crippen LogP contribution in [0.2, 0.25) is 0 Å². The first kappa shape index (κ1) is 17.6. The molecule has 1 aliphatic heterocycles.